The topological polar surface area (TPSA) is 63.7 Å². The number of benzene rings is 2. The van der Waals surface area contributed by atoms with Crippen molar-refractivity contribution in [3.63, 3.8) is 0 Å². The fourth-order valence-corrected chi connectivity index (χ4v) is 3.71. The Kier molecular flexibility index (Phi) is 4.43. The summed E-state index contributed by atoms with van der Waals surface area (Å²) in [6.07, 6.45) is 1.44. The van der Waals surface area contributed by atoms with Gasteiger partial charge in [0.15, 0.2) is 0 Å². The molecule has 0 saturated heterocycles. The van der Waals surface area contributed by atoms with Gasteiger partial charge in [0.2, 0.25) is 10.0 Å². The van der Waals surface area contributed by atoms with Crippen molar-refractivity contribution in [3.05, 3.63) is 65.2 Å². The van der Waals surface area contributed by atoms with Gasteiger partial charge in [-0.15, -0.1) is 0 Å². The molecule has 0 heterocycles. The molecule has 2 aromatic rings. The van der Waals surface area contributed by atoms with Gasteiger partial charge in [-0.1, -0.05) is 24.3 Å². The lowest BCUT2D eigenvalue weighted by molar-refractivity contribution is 0.0301. The number of nitrogens with zero attached hydrogens (tertiary/aromatic N) is 1. The lowest BCUT2D eigenvalue weighted by atomic mass is 10.1. The third-order valence-electron chi connectivity index (χ3n) is 4.20. The molecule has 0 N–H and O–H groups in total. The number of carbonyl (C=O) groups excluding carboxylic acids is 1. The van der Waals surface area contributed by atoms with E-state index in [1.807, 2.05) is 24.3 Å². The summed E-state index contributed by atoms with van der Waals surface area (Å²) in [6, 6.07) is 13.8. The lowest BCUT2D eigenvalue weighted by Crippen LogP contribution is -2.22. The Labute approximate surface area is 141 Å². The highest BCUT2D eigenvalue weighted by atomic mass is 32.2. The van der Waals surface area contributed by atoms with Crippen LogP contribution in [-0.2, 0) is 21.2 Å². The third kappa shape index (κ3) is 3.07. The van der Waals surface area contributed by atoms with Crippen LogP contribution in [0.15, 0.2) is 53.4 Å². The Morgan fingerprint density at radius 2 is 1.75 bits per heavy atom. The van der Waals surface area contributed by atoms with E-state index in [-0.39, 0.29) is 11.0 Å². The highest BCUT2D eigenvalue weighted by molar-refractivity contribution is 7.89. The Morgan fingerprint density at radius 3 is 2.42 bits per heavy atom. The average molecular weight is 345 g/mol. The first kappa shape index (κ1) is 16.7. The molecule has 0 aromatic heterocycles. The molecule has 5 nitrogen and oxygen atoms in total. The molecule has 0 unspecified atom stereocenters. The number of ether oxygens (including phenoxy) is 1. The zero-order valence-corrected chi connectivity index (χ0v) is 14.4. The summed E-state index contributed by atoms with van der Waals surface area (Å²) >= 11 is 0. The van der Waals surface area contributed by atoms with Crippen LogP contribution >= 0.6 is 0 Å². The van der Waals surface area contributed by atoms with E-state index >= 15 is 0 Å². The van der Waals surface area contributed by atoms with Crippen LogP contribution in [0.3, 0.4) is 0 Å². The monoisotopic (exact) mass is 345 g/mol. The van der Waals surface area contributed by atoms with E-state index in [9.17, 15) is 13.2 Å². The Morgan fingerprint density at radius 1 is 1.08 bits per heavy atom. The Bertz CT molecular complexity index is 857. The summed E-state index contributed by atoms with van der Waals surface area (Å²) in [5, 5.41) is 0. The number of hydrogen-bond acceptors (Lipinski definition) is 4. The van der Waals surface area contributed by atoms with E-state index in [0.717, 1.165) is 22.7 Å². The van der Waals surface area contributed by atoms with Gasteiger partial charge in [0.25, 0.3) is 0 Å². The van der Waals surface area contributed by atoms with Gasteiger partial charge in [0.05, 0.1) is 10.5 Å². The Balaban J connectivity index is 1.75. The zero-order valence-electron chi connectivity index (χ0n) is 13.6. The summed E-state index contributed by atoms with van der Waals surface area (Å²) in [7, 11) is -0.566. The van der Waals surface area contributed by atoms with Crippen LogP contribution in [0.5, 0.6) is 0 Å². The quantitative estimate of drug-likeness (QED) is 0.800. The largest absolute Gasteiger partial charge is 0.454 e. The first-order valence-electron chi connectivity index (χ1n) is 7.71. The van der Waals surface area contributed by atoms with E-state index in [0.29, 0.717) is 5.56 Å². The summed E-state index contributed by atoms with van der Waals surface area (Å²) in [5.74, 6) is -0.439. The number of hydrogen-bond donors (Lipinski definition) is 0. The summed E-state index contributed by atoms with van der Waals surface area (Å²) < 4.78 is 30.8. The van der Waals surface area contributed by atoms with Gasteiger partial charge in [0, 0.05) is 14.1 Å². The molecule has 6 heteroatoms. The van der Waals surface area contributed by atoms with Gasteiger partial charge in [-0.3, -0.25) is 0 Å². The number of esters is 1. The van der Waals surface area contributed by atoms with Crippen LogP contribution in [0.1, 0.15) is 34.0 Å². The van der Waals surface area contributed by atoms with Crippen LogP contribution in [0.25, 0.3) is 0 Å². The SMILES string of the molecule is CN(C)S(=O)(=O)c1ccc(C(=O)O[C@@H]2CCc3ccccc32)cc1. The molecule has 1 atom stereocenters. The third-order valence-corrected chi connectivity index (χ3v) is 6.03. The average Bonchev–Trinajstić information content (AvgIpc) is 2.98. The number of fused-ring (bicyclic) bond motifs is 1. The summed E-state index contributed by atoms with van der Waals surface area (Å²) in [5.41, 5.74) is 2.61. The molecule has 0 radical (unpaired) electrons. The van der Waals surface area contributed by atoms with Crippen LogP contribution in [0.2, 0.25) is 0 Å². The molecule has 126 valence electrons. The molecule has 24 heavy (non-hydrogen) atoms. The first-order chi connectivity index (χ1) is 11.4. The highest BCUT2D eigenvalue weighted by Crippen LogP contribution is 2.34. The second-order valence-electron chi connectivity index (χ2n) is 5.94. The molecule has 0 fully saturated rings. The van der Waals surface area contributed by atoms with Gasteiger partial charge in [-0.25, -0.2) is 17.5 Å². The van der Waals surface area contributed by atoms with E-state index in [2.05, 4.69) is 0 Å². The minimum absolute atomic E-state index is 0.148. The fourth-order valence-electron chi connectivity index (χ4n) is 2.81. The molecule has 0 spiro atoms. The van der Waals surface area contributed by atoms with Crippen LogP contribution < -0.4 is 0 Å². The first-order valence-corrected chi connectivity index (χ1v) is 9.15. The van der Waals surface area contributed by atoms with Gasteiger partial charge in [-0.05, 0) is 48.2 Å². The minimum Gasteiger partial charge on any atom is -0.454 e. The normalized spacial score (nSPS) is 16.9. The molecule has 0 aliphatic heterocycles. The molecular weight excluding hydrogens is 326 g/mol. The smallest absolute Gasteiger partial charge is 0.338 e. The maximum Gasteiger partial charge on any atom is 0.338 e. The molecule has 1 aliphatic rings. The lowest BCUT2D eigenvalue weighted by Gasteiger charge is -2.14. The molecule has 2 aromatic carbocycles. The standard InChI is InChI=1S/C18H19NO4S/c1-19(2)24(21,22)15-10-7-14(8-11-15)18(20)23-17-12-9-13-5-3-4-6-16(13)17/h3-8,10-11,17H,9,12H2,1-2H3/t17-/m1/s1. The van der Waals surface area contributed by atoms with Crippen molar-refractivity contribution in [1.29, 1.82) is 0 Å². The van der Waals surface area contributed by atoms with Crippen molar-refractivity contribution in [1.82, 2.24) is 4.31 Å². The second kappa shape index (κ2) is 6.37. The van der Waals surface area contributed by atoms with Crippen molar-refractivity contribution in [3.8, 4) is 0 Å². The van der Waals surface area contributed by atoms with E-state index in [1.54, 1.807) is 0 Å². The molecule has 3 rings (SSSR count). The number of carbonyl (C=O) groups is 1. The number of rotatable bonds is 4. The van der Waals surface area contributed by atoms with Crippen molar-refractivity contribution in [2.45, 2.75) is 23.8 Å². The molecule has 0 amide bonds. The van der Waals surface area contributed by atoms with Crippen molar-refractivity contribution in [2.24, 2.45) is 0 Å². The van der Waals surface area contributed by atoms with Crippen molar-refractivity contribution < 1.29 is 17.9 Å². The summed E-state index contributed by atoms with van der Waals surface area (Å²) in [6.45, 7) is 0. The zero-order chi connectivity index (χ0) is 17.3. The maximum absolute atomic E-state index is 12.3. The van der Waals surface area contributed by atoms with Crippen molar-refractivity contribution in [2.75, 3.05) is 14.1 Å². The molecule has 0 bridgehead atoms. The minimum atomic E-state index is -3.50. The molecular formula is C18H19NO4S. The van der Waals surface area contributed by atoms with Crippen LogP contribution in [-0.4, -0.2) is 32.8 Å². The van der Waals surface area contributed by atoms with Gasteiger partial charge in [-0.2, -0.15) is 0 Å². The van der Waals surface area contributed by atoms with Gasteiger partial charge in [0.1, 0.15) is 6.10 Å². The summed E-state index contributed by atoms with van der Waals surface area (Å²) in [4.78, 5) is 12.5. The van der Waals surface area contributed by atoms with Crippen LogP contribution in [0.4, 0.5) is 0 Å². The van der Waals surface area contributed by atoms with Gasteiger partial charge < -0.3 is 4.74 Å². The van der Waals surface area contributed by atoms with Crippen LogP contribution in [0, 0.1) is 0 Å². The Hall–Kier alpha value is -2.18. The van der Waals surface area contributed by atoms with E-state index in [1.165, 1.54) is 43.9 Å². The van der Waals surface area contributed by atoms with E-state index < -0.39 is 16.0 Å². The number of sulfonamides is 1. The molecule has 1 aliphatic carbocycles. The molecule has 0 saturated carbocycles. The van der Waals surface area contributed by atoms with E-state index in [4.69, 9.17) is 4.74 Å². The predicted molar refractivity (Wildman–Crippen MR) is 90.2 cm³/mol. The number of aryl methyl sites for hydroxylation is 1. The highest BCUT2D eigenvalue weighted by Gasteiger charge is 2.26. The van der Waals surface area contributed by atoms with Crippen molar-refractivity contribution >= 4 is 16.0 Å². The van der Waals surface area contributed by atoms with Gasteiger partial charge >= 0.3 is 5.97 Å². The maximum atomic E-state index is 12.3. The predicted octanol–water partition coefficient (Wildman–Crippen LogP) is 2.78. The second-order valence-corrected chi connectivity index (χ2v) is 8.10. The fraction of sp³-hybridized carbons (Fsp3) is 0.278.